The molecule has 0 atom stereocenters. The van der Waals surface area contributed by atoms with Crippen molar-refractivity contribution in [2.24, 2.45) is 0 Å². The molecule has 1 aliphatic rings. The van der Waals surface area contributed by atoms with E-state index in [-0.39, 0.29) is 25.5 Å². The Kier molecular flexibility index (Phi) is 7.97. The molecule has 0 radical (unpaired) electrons. The Labute approximate surface area is 188 Å². The zero-order valence-electron chi connectivity index (χ0n) is 18.4. The van der Waals surface area contributed by atoms with Crippen molar-refractivity contribution in [2.75, 3.05) is 39.3 Å². The number of rotatable bonds is 8. The fraction of sp³-hybridized carbons (Fsp3) is 0.435. The van der Waals surface area contributed by atoms with Gasteiger partial charge in [0.05, 0.1) is 6.54 Å². The van der Waals surface area contributed by atoms with E-state index in [1.807, 2.05) is 4.90 Å². The van der Waals surface area contributed by atoms with Crippen LogP contribution in [-0.2, 0) is 21.2 Å². The number of sulfonamides is 1. The predicted molar refractivity (Wildman–Crippen MR) is 119 cm³/mol. The summed E-state index contributed by atoms with van der Waals surface area (Å²) in [5.74, 6) is -1.87. The van der Waals surface area contributed by atoms with E-state index in [9.17, 15) is 22.0 Å². The number of carbonyl (C=O) groups is 1. The monoisotopic (exact) mass is 465 g/mol. The van der Waals surface area contributed by atoms with E-state index in [0.717, 1.165) is 34.5 Å². The zero-order chi connectivity index (χ0) is 23.3. The molecular formula is C23H29F2N3O3S. The molecule has 0 saturated carbocycles. The Balaban J connectivity index is 1.45. The minimum Gasteiger partial charge on any atom is -0.355 e. The van der Waals surface area contributed by atoms with Crippen molar-refractivity contribution >= 4 is 15.9 Å². The number of nitrogens with one attached hydrogen (secondary N) is 1. The second-order valence-electron chi connectivity index (χ2n) is 8.23. The van der Waals surface area contributed by atoms with Crippen LogP contribution in [0.2, 0.25) is 0 Å². The van der Waals surface area contributed by atoms with Gasteiger partial charge < -0.3 is 5.32 Å². The second-order valence-corrected chi connectivity index (χ2v) is 10.1. The van der Waals surface area contributed by atoms with Crippen molar-refractivity contribution < 1.29 is 22.0 Å². The lowest BCUT2D eigenvalue weighted by atomic mass is 10.0. The van der Waals surface area contributed by atoms with E-state index in [0.29, 0.717) is 25.6 Å². The summed E-state index contributed by atoms with van der Waals surface area (Å²) in [5, 5.41) is 2.89. The Hall–Kier alpha value is -2.36. The number of amides is 1. The SMILES string of the molecule is CC(C)c1ccc(CCNC(=O)CN2CCN(S(=O)(=O)c3c(F)cccc3F)CC2)cc1. The summed E-state index contributed by atoms with van der Waals surface area (Å²) in [6.45, 7) is 5.68. The van der Waals surface area contributed by atoms with Crippen molar-refractivity contribution in [3.05, 3.63) is 65.2 Å². The van der Waals surface area contributed by atoms with Gasteiger partial charge in [0.2, 0.25) is 15.9 Å². The molecule has 32 heavy (non-hydrogen) atoms. The van der Waals surface area contributed by atoms with E-state index in [4.69, 9.17) is 0 Å². The molecule has 3 rings (SSSR count). The van der Waals surface area contributed by atoms with Crippen LogP contribution in [0.4, 0.5) is 8.78 Å². The highest BCUT2D eigenvalue weighted by atomic mass is 32.2. The Morgan fingerprint density at radius 3 is 2.16 bits per heavy atom. The lowest BCUT2D eigenvalue weighted by Crippen LogP contribution is -2.51. The summed E-state index contributed by atoms with van der Waals surface area (Å²) in [6, 6.07) is 11.3. The number of halogens is 2. The van der Waals surface area contributed by atoms with Crippen LogP contribution in [-0.4, -0.2) is 62.8 Å². The molecule has 1 aliphatic heterocycles. The van der Waals surface area contributed by atoms with Crippen LogP contribution >= 0.6 is 0 Å². The number of nitrogens with zero attached hydrogens (tertiary/aromatic N) is 2. The molecule has 2 aromatic carbocycles. The molecule has 0 bridgehead atoms. The third kappa shape index (κ3) is 5.90. The third-order valence-electron chi connectivity index (χ3n) is 5.60. The van der Waals surface area contributed by atoms with Gasteiger partial charge in [0.1, 0.15) is 11.6 Å². The molecule has 1 amide bonds. The summed E-state index contributed by atoms with van der Waals surface area (Å²) in [5.41, 5.74) is 2.42. The fourth-order valence-electron chi connectivity index (χ4n) is 3.66. The summed E-state index contributed by atoms with van der Waals surface area (Å²) in [7, 11) is -4.27. The van der Waals surface area contributed by atoms with E-state index in [1.165, 1.54) is 5.56 Å². The highest BCUT2D eigenvalue weighted by Crippen LogP contribution is 2.23. The van der Waals surface area contributed by atoms with Crippen molar-refractivity contribution in [3.63, 3.8) is 0 Å². The van der Waals surface area contributed by atoms with Gasteiger partial charge >= 0.3 is 0 Å². The maximum Gasteiger partial charge on any atom is 0.249 e. The second kappa shape index (κ2) is 10.5. The molecule has 1 fully saturated rings. The molecule has 2 aromatic rings. The van der Waals surface area contributed by atoms with Crippen LogP contribution in [0.15, 0.2) is 47.4 Å². The van der Waals surface area contributed by atoms with E-state index in [2.05, 4.69) is 43.4 Å². The summed E-state index contributed by atoms with van der Waals surface area (Å²) < 4.78 is 54.2. The van der Waals surface area contributed by atoms with Crippen molar-refractivity contribution in [1.29, 1.82) is 0 Å². The minimum absolute atomic E-state index is 0.0611. The largest absolute Gasteiger partial charge is 0.355 e. The maximum absolute atomic E-state index is 13.9. The van der Waals surface area contributed by atoms with E-state index < -0.39 is 26.6 Å². The van der Waals surface area contributed by atoms with Gasteiger partial charge in [-0.15, -0.1) is 0 Å². The van der Waals surface area contributed by atoms with Crippen LogP contribution in [0.1, 0.15) is 30.9 Å². The van der Waals surface area contributed by atoms with Crippen LogP contribution < -0.4 is 5.32 Å². The molecule has 1 heterocycles. The summed E-state index contributed by atoms with van der Waals surface area (Å²) >= 11 is 0. The van der Waals surface area contributed by atoms with Gasteiger partial charge in [0.25, 0.3) is 0 Å². The predicted octanol–water partition coefficient (Wildman–Crippen LogP) is 2.75. The van der Waals surface area contributed by atoms with Crippen molar-refractivity contribution in [3.8, 4) is 0 Å². The number of benzene rings is 2. The standard InChI is InChI=1S/C23H29F2N3O3S/c1-17(2)19-8-6-18(7-9-19)10-11-26-22(29)16-27-12-14-28(15-13-27)32(30,31)23-20(24)4-3-5-21(23)25/h3-9,17H,10-16H2,1-2H3,(H,26,29). The van der Waals surface area contributed by atoms with Gasteiger partial charge in [-0.3, -0.25) is 9.69 Å². The molecule has 1 saturated heterocycles. The van der Waals surface area contributed by atoms with Gasteiger partial charge in [-0.2, -0.15) is 4.31 Å². The topological polar surface area (TPSA) is 69.7 Å². The Morgan fingerprint density at radius 2 is 1.59 bits per heavy atom. The molecule has 6 nitrogen and oxygen atoms in total. The first-order valence-electron chi connectivity index (χ1n) is 10.7. The zero-order valence-corrected chi connectivity index (χ0v) is 19.2. The lowest BCUT2D eigenvalue weighted by molar-refractivity contribution is -0.122. The molecule has 0 aliphatic carbocycles. The molecule has 1 N–H and O–H groups in total. The average Bonchev–Trinajstić information content (AvgIpc) is 2.74. The fourth-order valence-corrected chi connectivity index (χ4v) is 5.19. The van der Waals surface area contributed by atoms with Crippen LogP contribution in [0.5, 0.6) is 0 Å². The first kappa shape index (κ1) is 24.3. The van der Waals surface area contributed by atoms with Crippen LogP contribution in [0, 0.1) is 11.6 Å². The minimum atomic E-state index is -4.27. The van der Waals surface area contributed by atoms with Gasteiger partial charge in [-0.05, 0) is 35.6 Å². The average molecular weight is 466 g/mol. The number of hydrogen-bond acceptors (Lipinski definition) is 4. The number of carbonyl (C=O) groups excluding carboxylic acids is 1. The quantitative estimate of drug-likeness (QED) is 0.651. The van der Waals surface area contributed by atoms with Gasteiger partial charge in [0, 0.05) is 32.7 Å². The van der Waals surface area contributed by atoms with Gasteiger partial charge in [0.15, 0.2) is 4.90 Å². The van der Waals surface area contributed by atoms with Crippen LogP contribution in [0.3, 0.4) is 0 Å². The Bertz CT molecular complexity index is 1010. The van der Waals surface area contributed by atoms with Crippen molar-refractivity contribution in [1.82, 2.24) is 14.5 Å². The number of hydrogen-bond donors (Lipinski definition) is 1. The summed E-state index contributed by atoms with van der Waals surface area (Å²) in [6.07, 6.45) is 0.727. The molecule has 174 valence electrons. The third-order valence-corrected chi connectivity index (χ3v) is 7.55. The molecule has 9 heteroatoms. The van der Waals surface area contributed by atoms with Crippen molar-refractivity contribution in [2.45, 2.75) is 31.1 Å². The summed E-state index contributed by atoms with van der Waals surface area (Å²) in [4.78, 5) is 13.2. The Morgan fingerprint density at radius 1 is 1.00 bits per heavy atom. The highest BCUT2D eigenvalue weighted by molar-refractivity contribution is 7.89. The van der Waals surface area contributed by atoms with Gasteiger partial charge in [-0.25, -0.2) is 17.2 Å². The molecule has 0 unspecified atom stereocenters. The lowest BCUT2D eigenvalue weighted by Gasteiger charge is -2.33. The first-order valence-corrected chi connectivity index (χ1v) is 12.1. The highest BCUT2D eigenvalue weighted by Gasteiger charge is 2.33. The molecule has 0 aromatic heterocycles. The van der Waals surface area contributed by atoms with Gasteiger partial charge in [-0.1, -0.05) is 44.2 Å². The van der Waals surface area contributed by atoms with E-state index >= 15 is 0 Å². The smallest absolute Gasteiger partial charge is 0.249 e. The normalized spacial score (nSPS) is 15.8. The van der Waals surface area contributed by atoms with Crippen LogP contribution in [0.25, 0.3) is 0 Å². The van der Waals surface area contributed by atoms with E-state index in [1.54, 1.807) is 0 Å². The molecule has 0 spiro atoms. The maximum atomic E-state index is 13.9. The molecular weight excluding hydrogens is 436 g/mol. The number of piperazine rings is 1. The first-order chi connectivity index (χ1) is 15.2.